The van der Waals surface area contributed by atoms with Crippen molar-refractivity contribution in [1.29, 1.82) is 0 Å². The molecule has 2 atom stereocenters. The molecule has 0 heterocycles. The van der Waals surface area contributed by atoms with Crippen molar-refractivity contribution in [3.8, 4) is 0 Å². The van der Waals surface area contributed by atoms with Gasteiger partial charge in [-0.15, -0.1) is 0 Å². The SMILES string of the molecule is CC/C=C\C/C=C\C/C=C\C/C=C\C/C=C\C/C=C\C/C=C\C/C=C\C/C=C\C/C=C\C/C=C\CCCCCCCC(=O)OC(COC(=O)CCCCCCCCCCCCCCCCCCCCCCCCCCCCCCCCCCCCCCCCCC)COP(=O)(O)OCCN. The van der Waals surface area contributed by atoms with Gasteiger partial charge >= 0.3 is 19.8 Å². The third-order valence-electron chi connectivity index (χ3n) is 18.3. The van der Waals surface area contributed by atoms with Gasteiger partial charge in [0.15, 0.2) is 6.10 Å². The highest BCUT2D eigenvalue weighted by Gasteiger charge is 2.26. The summed E-state index contributed by atoms with van der Waals surface area (Å²) in [6, 6.07) is 0. The molecule has 0 aliphatic carbocycles. The van der Waals surface area contributed by atoms with Gasteiger partial charge in [-0.05, 0) is 96.3 Å². The van der Waals surface area contributed by atoms with Crippen molar-refractivity contribution in [2.45, 2.75) is 399 Å². The molecule has 0 aromatic heterocycles. The lowest BCUT2D eigenvalue weighted by Gasteiger charge is -2.19. The lowest BCUT2D eigenvalue weighted by atomic mass is 10.0. The summed E-state index contributed by atoms with van der Waals surface area (Å²) in [7, 11) is -4.41. The lowest BCUT2D eigenvalue weighted by Crippen LogP contribution is -2.29. The first-order valence-electron chi connectivity index (χ1n) is 42.2. The van der Waals surface area contributed by atoms with Crippen LogP contribution in [-0.2, 0) is 32.7 Å². The molecule has 0 aliphatic heterocycles. The lowest BCUT2D eigenvalue weighted by molar-refractivity contribution is -0.161. The summed E-state index contributed by atoms with van der Waals surface area (Å²) in [5.41, 5.74) is 5.42. The van der Waals surface area contributed by atoms with Crippen LogP contribution in [0.5, 0.6) is 0 Å². The van der Waals surface area contributed by atoms with Crippen molar-refractivity contribution >= 4 is 19.8 Å². The van der Waals surface area contributed by atoms with E-state index >= 15 is 0 Å². The number of hydrogen-bond donors (Lipinski definition) is 2. The van der Waals surface area contributed by atoms with E-state index in [9.17, 15) is 19.0 Å². The second-order valence-corrected chi connectivity index (χ2v) is 29.4. The van der Waals surface area contributed by atoms with E-state index < -0.39 is 26.5 Å². The molecule has 0 aliphatic rings. The molecule has 0 fully saturated rings. The van der Waals surface area contributed by atoms with E-state index in [4.69, 9.17) is 24.3 Å². The minimum atomic E-state index is -4.41. The van der Waals surface area contributed by atoms with E-state index in [-0.39, 0.29) is 38.6 Å². The predicted octanol–water partition coefficient (Wildman–Crippen LogP) is 28.7. The fourth-order valence-electron chi connectivity index (χ4n) is 12.1. The minimum absolute atomic E-state index is 0.0451. The third-order valence-corrected chi connectivity index (χ3v) is 19.3. The molecular formula is C90H158NO8P. The minimum Gasteiger partial charge on any atom is -0.462 e. The molecule has 0 aromatic carbocycles. The second-order valence-electron chi connectivity index (χ2n) is 28.0. The maximum absolute atomic E-state index is 12.8. The van der Waals surface area contributed by atoms with Crippen LogP contribution in [0.4, 0.5) is 0 Å². The number of rotatable bonds is 79. The number of carbonyl (C=O) groups is 2. The highest BCUT2D eigenvalue weighted by atomic mass is 31.2. The number of carbonyl (C=O) groups excluding carboxylic acids is 2. The molecule has 10 heteroatoms. The van der Waals surface area contributed by atoms with Gasteiger partial charge in [0, 0.05) is 19.4 Å². The summed E-state index contributed by atoms with van der Waals surface area (Å²) in [5.74, 6) is -0.843. The van der Waals surface area contributed by atoms with Crippen LogP contribution in [0, 0.1) is 0 Å². The van der Waals surface area contributed by atoms with Crippen molar-refractivity contribution in [2.24, 2.45) is 5.73 Å². The quantitative estimate of drug-likeness (QED) is 0.0264. The van der Waals surface area contributed by atoms with E-state index in [0.717, 1.165) is 122 Å². The Morgan fingerprint density at radius 3 is 0.820 bits per heavy atom. The van der Waals surface area contributed by atoms with Crippen LogP contribution in [0.3, 0.4) is 0 Å². The molecule has 0 spiro atoms. The Labute approximate surface area is 618 Å². The molecule has 100 heavy (non-hydrogen) atoms. The van der Waals surface area contributed by atoms with Gasteiger partial charge in [-0.2, -0.15) is 0 Å². The number of esters is 2. The topological polar surface area (TPSA) is 134 Å². The number of phosphoric ester groups is 1. The normalized spacial score (nSPS) is 13.5. The maximum atomic E-state index is 12.8. The number of nitrogens with two attached hydrogens (primary N) is 1. The van der Waals surface area contributed by atoms with Crippen LogP contribution in [0.1, 0.15) is 393 Å². The zero-order valence-electron chi connectivity index (χ0n) is 65.2. The van der Waals surface area contributed by atoms with Gasteiger partial charge in [-0.3, -0.25) is 18.6 Å². The van der Waals surface area contributed by atoms with E-state index in [1.165, 1.54) is 238 Å². The van der Waals surface area contributed by atoms with Gasteiger partial charge in [0.1, 0.15) is 6.61 Å². The number of hydrogen-bond acceptors (Lipinski definition) is 8. The predicted molar refractivity (Wildman–Crippen MR) is 436 cm³/mol. The van der Waals surface area contributed by atoms with Crippen LogP contribution >= 0.6 is 7.82 Å². The summed E-state index contributed by atoms with van der Waals surface area (Å²) in [6.07, 6.45) is 120. The summed E-state index contributed by atoms with van der Waals surface area (Å²) in [4.78, 5) is 35.5. The van der Waals surface area contributed by atoms with E-state index in [1.807, 2.05) is 0 Å². The first kappa shape index (κ1) is 96.2. The van der Waals surface area contributed by atoms with E-state index in [1.54, 1.807) is 0 Å². The number of unbranched alkanes of at least 4 members (excludes halogenated alkanes) is 44. The van der Waals surface area contributed by atoms with Gasteiger partial charge < -0.3 is 20.1 Å². The Morgan fingerprint density at radius 2 is 0.550 bits per heavy atom. The molecule has 0 saturated carbocycles. The van der Waals surface area contributed by atoms with Crippen LogP contribution in [-0.4, -0.2) is 49.3 Å². The second kappa shape index (κ2) is 84.1. The highest BCUT2D eigenvalue weighted by Crippen LogP contribution is 2.43. The molecule has 0 rings (SSSR count). The molecule has 9 nitrogen and oxygen atoms in total. The van der Waals surface area contributed by atoms with Crippen molar-refractivity contribution < 1.29 is 37.6 Å². The van der Waals surface area contributed by atoms with Gasteiger partial charge in [0.05, 0.1) is 13.2 Å². The maximum Gasteiger partial charge on any atom is 0.472 e. The van der Waals surface area contributed by atoms with Crippen molar-refractivity contribution in [3.05, 3.63) is 134 Å². The smallest absolute Gasteiger partial charge is 0.462 e. The van der Waals surface area contributed by atoms with E-state index in [2.05, 4.69) is 148 Å². The summed E-state index contributed by atoms with van der Waals surface area (Å²) in [5, 5.41) is 0. The largest absolute Gasteiger partial charge is 0.472 e. The molecule has 0 amide bonds. The summed E-state index contributed by atoms with van der Waals surface area (Å²) < 4.78 is 33.3. The molecule has 0 bridgehead atoms. The average molecular weight is 1410 g/mol. The summed E-state index contributed by atoms with van der Waals surface area (Å²) >= 11 is 0. The zero-order valence-corrected chi connectivity index (χ0v) is 66.1. The van der Waals surface area contributed by atoms with Gasteiger partial charge in [-0.1, -0.05) is 417 Å². The Kier molecular flexibility index (Phi) is 80.9. The molecular weight excluding hydrogens is 1250 g/mol. The molecule has 0 aromatic rings. The van der Waals surface area contributed by atoms with E-state index in [0.29, 0.717) is 6.42 Å². The van der Waals surface area contributed by atoms with Crippen LogP contribution < -0.4 is 5.73 Å². The Bertz CT molecular complexity index is 2110. The average Bonchev–Trinajstić information content (AvgIpc) is 1.01. The standard InChI is InChI=1S/C90H158NO8P/c1-3-5-7-9-11-13-15-17-19-21-23-25-27-29-31-33-35-37-39-41-43-45-46-48-50-52-54-56-58-60-62-64-66-68-70-72-74-76-78-80-82-89(92)96-86-88(87-98-100(94,95)97-85-84-91)99-90(93)83-81-79-77-75-73-71-69-67-65-63-61-59-57-55-53-51-49-47-44-42-40-38-36-34-32-30-28-26-24-22-20-18-16-14-12-10-8-6-4-2/h6,8,12,14,18,20,24,26,30,32,36,38,42,44,49,51,55,57,61,63,67,69,88H,3-5,7,9-11,13,15-17,19,21-23,25,27-29,31,33-35,37,39-41,43,45-48,50,52-54,56,58-60,62,64-66,68,70-87,91H2,1-2H3,(H,94,95)/b8-6-,14-12-,20-18-,26-24-,32-30-,38-36-,44-42-,51-49-,57-55-,63-61-,69-67-. The molecule has 3 N–H and O–H groups in total. The number of ether oxygens (including phenoxy) is 2. The first-order chi connectivity index (χ1) is 49.3. The van der Waals surface area contributed by atoms with Crippen molar-refractivity contribution in [3.63, 3.8) is 0 Å². The van der Waals surface area contributed by atoms with Crippen LogP contribution in [0.25, 0.3) is 0 Å². The summed E-state index contributed by atoms with van der Waals surface area (Å²) in [6.45, 7) is 3.65. The first-order valence-corrected chi connectivity index (χ1v) is 43.7. The van der Waals surface area contributed by atoms with Gasteiger partial charge in [-0.25, -0.2) is 4.57 Å². The number of phosphoric acid groups is 1. The Morgan fingerprint density at radius 1 is 0.310 bits per heavy atom. The number of allylic oxidation sites excluding steroid dienone is 22. The van der Waals surface area contributed by atoms with Crippen LogP contribution in [0.15, 0.2) is 134 Å². The van der Waals surface area contributed by atoms with Gasteiger partial charge in [0.25, 0.3) is 0 Å². The molecule has 0 radical (unpaired) electrons. The third kappa shape index (κ3) is 83.1. The fraction of sp³-hybridized carbons (Fsp3) is 0.733. The molecule has 576 valence electrons. The van der Waals surface area contributed by atoms with Crippen LogP contribution in [0.2, 0.25) is 0 Å². The Hall–Kier alpha value is -3.85. The fourth-order valence-corrected chi connectivity index (χ4v) is 12.9. The molecule has 2 unspecified atom stereocenters. The highest BCUT2D eigenvalue weighted by molar-refractivity contribution is 7.47. The monoisotopic (exact) mass is 1410 g/mol. The van der Waals surface area contributed by atoms with Gasteiger partial charge in [0.2, 0.25) is 0 Å². The van der Waals surface area contributed by atoms with Crippen molar-refractivity contribution in [1.82, 2.24) is 0 Å². The Balaban J connectivity index is 3.85. The molecule has 0 saturated heterocycles. The zero-order chi connectivity index (χ0) is 72.2. The van der Waals surface area contributed by atoms with Crippen molar-refractivity contribution in [2.75, 3.05) is 26.4 Å².